The second kappa shape index (κ2) is 10.1. The van der Waals surface area contributed by atoms with E-state index >= 15 is 0 Å². The number of anilines is 2. The van der Waals surface area contributed by atoms with E-state index in [0.29, 0.717) is 23.1 Å². The van der Waals surface area contributed by atoms with Gasteiger partial charge < -0.3 is 14.5 Å². The van der Waals surface area contributed by atoms with Gasteiger partial charge >= 0.3 is 0 Å². The van der Waals surface area contributed by atoms with E-state index in [1.165, 1.54) is 5.56 Å². The van der Waals surface area contributed by atoms with Gasteiger partial charge in [-0.1, -0.05) is 35.3 Å². The second-order valence-electron chi connectivity index (χ2n) is 8.20. The van der Waals surface area contributed by atoms with E-state index < -0.39 is 0 Å². The number of amides is 1. The molecular weight excluding hydrogens is 433 g/mol. The molecule has 2 aromatic carbocycles. The normalized spacial score (nSPS) is 17.1. The molecule has 5 nitrogen and oxygen atoms in total. The van der Waals surface area contributed by atoms with Crippen LogP contribution in [-0.4, -0.2) is 57.2 Å². The van der Waals surface area contributed by atoms with Gasteiger partial charge in [0.15, 0.2) is 0 Å². The molecule has 2 aromatic rings. The summed E-state index contributed by atoms with van der Waals surface area (Å²) in [4.78, 5) is 18.5. The predicted octanol–water partition coefficient (Wildman–Crippen LogP) is 4.88. The molecule has 2 aliphatic heterocycles. The summed E-state index contributed by atoms with van der Waals surface area (Å²) in [6, 6.07) is 11.9. The average molecular weight is 462 g/mol. The highest BCUT2D eigenvalue weighted by Gasteiger charge is 2.21. The molecule has 4 rings (SSSR count). The average Bonchev–Trinajstić information content (AvgIpc) is 2.79. The lowest BCUT2D eigenvalue weighted by Gasteiger charge is -2.36. The zero-order chi connectivity index (χ0) is 21.8. The lowest BCUT2D eigenvalue weighted by atomic mass is 10.0. The first kappa shape index (κ1) is 22.3. The molecule has 0 aromatic heterocycles. The molecule has 7 heteroatoms. The number of carbonyl (C=O) groups excluding carboxylic acids is 1. The summed E-state index contributed by atoms with van der Waals surface area (Å²) in [6.45, 7) is 5.72. The Labute approximate surface area is 194 Å². The molecule has 1 amide bonds. The summed E-state index contributed by atoms with van der Waals surface area (Å²) in [5.74, 6) is 1.01. The molecule has 1 fully saturated rings. The largest absolute Gasteiger partial charge is 0.494 e. The lowest BCUT2D eigenvalue weighted by Crippen LogP contribution is -2.46. The van der Waals surface area contributed by atoms with Gasteiger partial charge in [-0.15, -0.1) is 0 Å². The van der Waals surface area contributed by atoms with Crippen molar-refractivity contribution in [1.82, 2.24) is 4.90 Å². The first-order valence-corrected chi connectivity index (χ1v) is 11.7. The number of hydrogen-bond donors (Lipinski definition) is 0. The van der Waals surface area contributed by atoms with Crippen LogP contribution in [0.3, 0.4) is 0 Å². The van der Waals surface area contributed by atoms with Crippen molar-refractivity contribution < 1.29 is 9.53 Å². The van der Waals surface area contributed by atoms with Crippen molar-refractivity contribution in [2.45, 2.75) is 25.7 Å². The maximum atomic E-state index is 11.9. The highest BCUT2D eigenvalue weighted by atomic mass is 35.5. The smallest absolute Gasteiger partial charge is 0.227 e. The van der Waals surface area contributed by atoms with Crippen LogP contribution in [0.5, 0.6) is 5.75 Å². The van der Waals surface area contributed by atoms with Crippen LogP contribution in [-0.2, 0) is 11.2 Å². The minimum absolute atomic E-state index is 0.169. The number of halogens is 2. The number of aryl methyl sites for hydroxylation is 1. The van der Waals surface area contributed by atoms with Crippen molar-refractivity contribution in [3.05, 3.63) is 52.0 Å². The van der Waals surface area contributed by atoms with Crippen LogP contribution < -0.4 is 14.5 Å². The van der Waals surface area contributed by atoms with Gasteiger partial charge in [-0.3, -0.25) is 9.69 Å². The summed E-state index contributed by atoms with van der Waals surface area (Å²) >= 11 is 12.5. The third-order valence-corrected chi connectivity index (χ3v) is 6.99. The maximum Gasteiger partial charge on any atom is 0.227 e. The Kier molecular flexibility index (Phi) is 7.26. The molecule has 0 spiro atoms. The van der Waals surface area contributed by atoms with Gasteiger partial charge in [-0.2, -0.15) is 0 Å². The number of unbranched alkanes of at least 4 members (excludes halogenated alkanes) is 1. The highest BCUT2D eigenvalue weighted by molar-refractivity contribution is 6.43. The fourth-order valence-electron chi connectivity index (χ4n) is 4.28. The van der Waals surface area contributed by atoms with Gasteiger partial charge in [-0.05, 0) is 49.6 Å². The molecule has 2 aliphatic rings. The van der Waals surface area contributed by atoms with E-state index in [-0.39, 0.29) is 5.91 Å². The number of piperazine rings is 1. The molecule has 0 atom stereocenters. The van der Waals surface area contributed by atoms with E-state index in [1.54, 1.807) is 4.90 Å². The van der Waals surface area contributed by atoms with Crippen LogP contribution in [0.1, 0.15) is 24.8 Å². The Balaban J connectivity index is 1.17. The molecule has 2 heterocycles. The monoisotopic (exact) mass is 461 g/mol. The first-order valence-electron chi connectivity index (χ1n) is 11.0. The Morgan fingerprint density at radius 3 is 2.58 bits per heavy atom. The molecule has 0 N–H and O–H groups in total. The SMILES string of the molecule is CN1C(=O)CCc2ccc(OCCCCN3CCN(c4cccc(Cl)c4Cl)CC3)cc21. The van der Waals surface area contributed by atoms with Crippen LogP contribution in [0.25, 0.3) is 0 Å². The number of rotatable bonds is 7. The Bertz CT molecular complexity index is 929. The maximum absolute atomic E-state index is 11.9. The van der Waals surface area contributed by atoms with Crippen LogP contribution in [0, 0.1) is 0 Å². The van der Waals surface area contributed by atoms with Crippen molar-refractivity contribution in [3.8, 4) is 5.75 Å². The molecular formula is C24H29Cl2N3O2. The molecule has 0 aliphatic carbocycles. The third kappa shape index (κ3) is 5.28. The number of ether oxygens (including phenoxy) is 1. The third-order valence-electron chi connectivity index (χ3n) is 6.18. The first-order chi connectivity index (χ1) is 15.0. The number of hydrogen-bond acceptors (Lipinski definition) is 4. The minimum atomic E-state index is 0.169. The number of nitrogens with zero attached hydrogens (tertiary/aromatic N) is 3. The van der Waals surface area contributed by atoms with Gasteiger partial charge in [0.05, 0.1) is 28.0 Å². The van der Waals surface area contributed by atoms with Crippen LogP contribution in [0.2, 0.25) is 10.0 Å². The second-order valence-corrected chi connectivity index (χ2v) is 8.99. The summed E-state index contributed by atoms with van der Waals surface area (Å²) in [6.07, 6.45) is 3.51. The Hall–Kier alpha value is -1.95. The zero-order valence-electron chi connectivity index (χ0n) is 17.9. The van der Waals surface area contributed by atoms with E-state index in [0.717, 1.165) is 69.1 Å². The summed E-state index contributed by atoms with van der Waals surface area (Å²) in [5.41, 5.74) is 3.22. The quantitative estimate of drug-likeness (QED) is 0.550. The van der Waals surface area contributed by atoms with Crippen LogP contribution in [0.15, 0.2) is 36.4 Å². The van der Waals surface area contributed by atoms with E-state index in [2.05, 4.69) is 15.9 Å². The molecule has 0 bridgehead atoms. The fraction of sp³-hybridized carbons (Fsp3) is 0.458. The van der Waals surface area contributed by atoms with Gasteiger partial charge in [0, 0.05) is 45.7 Å². The molecule has 0 unspecified atom stereocenters. The Morgan fingerprint density at radius 1 is 0.968 bits per heavy atom. The van der Waals surface area contributed by atoms with Crippen LogP contribution >= 0.6 is 23.2 Å². The molecule has 0 radical (unpaired) electrons. The minimum Gasteiger partial charge on any atom is -0.494 e. The number of carbonyl (C=O) groups is 1. The topological polar surface area (TPSA) is 36.0 Å². The predicted molar refractivity (Wildman–Crippen MR) is 128 cm³/mol. The van der Waals surface area contributed by atoms with Gasteiger partial charge in [-0.25, -0.2) is 0 Å². The molecule has 31 heavy (non-hydrogen) atoms. The molecule has 0 saturated carbocycles. The van der Waals surface area contributed by atoms with Gasteiger partial charge in [0.25, 0.3) is 0 Å². The molecule has 1 saturated heterocycles. The van der Waals surface area contributed by atoms with Gasteiger partial charge in [0.1, 0.15) is 5.75 Å². The van der Waals surface area contributed by atoms with Crippen molar-refractivity contribution in [2.75, 3.05) is 56.2 Å². The molecule has 166 valence electrons. The lowest BCUT2D eigenvalue weighted by molar-refractivity contribution is -0.118. The summed E-state index contributed by atoms with van der Waals surface area (Å²) in [5, 5.41) is 1.26. The van der Waals surface area contributed by atoms with Crippen LogP contribution in [0.4, 0.5) is 11.4 Å². The number of benzene rings is 2. The summed E-state index contributed by atoms with van der Waals surface area (Å²) < 4.78 is 5.95. The van der Waals surface area contributed by atoms with E-state index in [1.807, 2.05) is 37.4 Å². The van der Waals surface area contributed by atoms with E-state index in [9.17, 15) is 4.79 Å². The van der Waals surface area contributed by atoms with Crippen molar-refractivity contribution in [3.63, 3.8) is 0 Å². The number of fused-ring (bicyclic) bond motifs is 1. The van der Waals surface area contributed by atoms with E-state index in [4.69, 9.17) is 27.9 Å². The van der Waals surface area contributed by atoms with Gasteiger partial charge in [0.2, 0.25) is 5.91 Å². The Morgan fingerprint density at radius 2 is 1.77 bits per heavy atom. The highest BCUT2D eigenvalue weighted by Crippen LogP contribution is 2.33. The van der Waals surface area contributed by atoms with Crippen molar-refractivity contribution >= 4 is 40.5 Å². The van der Waals surface area contributed by atoms with Crippen molar-refractivity contribution in [1.29, 1.82) is 0 Å². The summed E-state index contributed by atoms with van der Waals surface area (Å²) in [7, 11) is 1.84. The standard InChI is InChI=1S/C24H29Cl2N3O2/c1-27-22-17-19(9-7-18(22)8-10-23(27)30)31-16-3-2-11-28-12-14-29(15-13-28)21-6-4-5-20(25)24(21)26/h4-7,9,17H,2-3,8,10-16H2,1H3. The fourth-order valence-corrected chi connectivity index (χ4v) is 4.69. The van der Waals surface area contributed by atoms with Crippen molar-refractivity contribution in [2.24, 2.45) is 0 Å². The zero-order valence-corrected chi connectivity index (χ0v) is 19.5.